The number of anilines is 2. The maximum absolute atomic E-state index is 17.4. The largest absolute Gasteiger partial charge is 0.507 e. The van der Waals surface area contributed by atoms with Gasteiger partial charge in [0.2, 0.25) is 5.91 Å². The van der Waals surface area contributed by atoms with Crippen LogP contribution in [0.4, 0.5) is 20.3 Å². The molecule has 2 aromatic heterocycles. The van der Waals surface area contributed by atoms with Crippen molar-refractivity contribution in [3.63, 3.8) is 0 Å². The van der Waals surface area contributed by atoms with E-state index in [1.54, 1.807) is 36.0 Å². The zero-order valence-corrected chi connectivity index (χ0v) is 27.1. The summed E-state index contributed by atoms with van der Waals surface area (Å²) in [4.78, 5) is 41.4. The van der Waals surface area contributed by atoms with Gasteiger partial charge in [-0.2, -0.15) is 4.98 Å². The first kappa shape index (κ1) is 31.5. The van der Waals surface area contributed by atoms with E-state index in [4.69, 9.17) is 11.6 Å². The summed E-state index contributed by atoms with van der Waals surface area (Å²) in [5.74, 6) is -2.67. The molecule has 46 heavy (non-hydrogen) atoms. The highest BCUT2D eigenvalue weighted by Crippen LogP contribution is 2.48. The number of carbonyl (C=O) groups is 1. The molecule has 0 saturated carbocycles. The predicted octanol–water partition coefficient (Wildman–Crippen LogP) is 5.95. The van der Waals surface area contributed by atoms with Gasteiger partial charge in [0.05, 0.1) is 33.0 Å². The van der Waals surface area contributed by atoms with Crippen molar-refractivity contribution >= 4 is 39.9 Å². The summed E-state index contributed by atoms with van der Waals surface area (Å²) in [7, 11) is 1.69. The predicted molar refractivity (Wildman–Crippen MR) is 176 cm³/mol. The molecule has 9 nitrogen and oxygen atoms in total. The number of nitrogens with zero attached hydrogens (tertiary/aromatic N) is 6. The van der Waals surface area contributed by atoms with Crippen molar-refractivity contribution in [1.82, 2.24) is 19.4 Å². The monoisotopic (exact) mass is 648 g/mol. The Morgan fingerprint density at radius 1 is 1.15 bits per heavy atom. The minimum absolute atomic E-state index is 0.0188. The summed E-state index contributed by atoms with van der Waals surface area (Å²) in [6.07, 6.45) is 3.38. The number of carbonyl (C=O) groups excluding carboxylic acids is 1. The summed E-state index contributed by atoms with van der Waals surface area (Å²) >= 11 is 6.49. The highest BCUT2D eigenvalue weighted by molar-refractivity contribution is 6.33. The number of aromatic hydroxyl groups is 1. The lowest BCUT2D eigenvalue weighted by atomic mass is 9.95. The SMILES string of the molecule is C=CC(=O)N1CC2CCN(C)c3c(F)c(-c4c(O)cccc4Cl)c(F)c4c3c(nc(=O)n4-c3c(C)ccnc3C(C)C)N2CC1C. The lowest BCUT2D eigenvalue weighted by molar-refractivity contribution is -0.128. The first-order valence-corrected chi connectivity index (χ1v) is 15.6. The van der Waals surface area contributed by atoms with E-state index in [-0.39, 0.29) is 63.4 Å². The molecule has 240 valence electrons. The molecule has 2 aromatic carbocycles. The Balaban J connectivity index is 1.80. The summed E-state index contributed by atoms with van der Waals surface area (Å²) in [6, 6.07) is 5.34. The van der Waals surface area contributed by atoms with Gasteiger partial charge in [0.25, 0.3) is 0 Å². The van der Waals surface area contributed by atoms with Crippen LogP contribution in [0, 0.1) is 18.6 Å². The summed E-state index contributed by atoms with van der Waals surface area (Å²) < 4.78 is 35.7. The second-order valence-electron chi connectivity index (χ2n) is 12.3. The van der Waals surface area contributed by atoms with E-state index in [2.05, 4.69) is 16.5 Å². The number of hydrogen-bond acceptors (Lipinski definition) is 7. The zero-order valence-electron chi connectivity index (χ0n) is 26.3. The molecule has 2 unspecified atom stereocenters. The van der Waals surface area contributed by atoms with Crippen LogP contribution in [0.2, 0.25) is 5.02 Å². The normalized spacial score (nSPS) is 18.1. The van der Waals surface area contributed by atoms with Crippen LogP contribution in [0.25, 0.3) is 27.7 Å². The molecule has 6 rings (SSSR count). The summed E-state index contributed by atoms with van der Waals surface area (Å²) in [5.41, 5.74) is -0.202. The molecule has 0 spiro atoms. The fraction of sp³-hybridized carbons (Fsp3) is 0.353. The third-order valence-corrected chi connectivity index (χ3v) is 9.40. The molecule has 1 fully saturated rings. The van der Waals surface area contributed by atoms with Crippen LogP contribution >= 0.6 is 11.6 Å². The van der Waals surface area contributed by atoms with E-state index < -0.39 is 28.6 Å². The number of pyridine rings is 1. The Kier molecular flexibility index (Phi) is 8.00. The van der Waals surface area contributed by atoms with Gasteiger partial charge in [-0.15, -0.1) is 0 Å². The first-order chi connectivity index (χ1) is 21.9. The molecule has 0 bridgehead atoms. The third kappa shape index (κ3) is 4.79. The van der Waals surface area contributed by atoms with Gasteiger partial charge >= 0.3 is 5.69 Å². The van der Waals surface area contributed by atoms with Gasteiger partial charge in [-0.05, 0) is 56.0 Å². The molecule has 4 heterocycles. The van der Waals surface area contributed by atoms with Gasteiger partial charge in [-0.25, -0.2) is 13.6 Å². The minimum atomic E-state index is -1.07. The van der Waals surface area contributed by atoms with Crippen LogP contribution in [-0.4, -0.2) is 69.2 Å². The molecule has 0 aliphatic carbocycles. The van der Waals surface area contributed by atoms with Crippen LogP contribution in [0.1, 0.15) is 44.4 Å². The Labute approximate surface area is 270 Å². The number of amides is 1. The Morgan fingerprint density at radius 2 is 1.89 bits per heavy atom. The van der Waals surface area contributed by atoms with Gasteiger partial charge in [0.15, 0.2) is 11.6 Å². The highest BCUT2D eigenvalue weighted by atomic mass is 35.5. The Morgan fingerprint density at radius 3 is 2.57 bits per heavy atom. The molecule has 1 amide bonds. The molecule has 1 saturated heterocycles. The van der Waals surface area contributed by atoms with E-state index >= 15 is 8.78 Å². The van der Waals surface area contributed by atoms with Crippen molar-refractivity contribution in [2.24, 2.45) is 0 Å². The number of rotatable bonds is 4. The second kappa shape index (κ2) is 11.7. The smallest absolute Gasteiger partial charge is 0.354 e. The van der Waals surface area contributed by atoms with Crippen LogP contribution in [0.15, 0.2) is 47.9 Å². The Bertz CT molecular complexity index is 1960. The third-order valence-electron chi connectivity index (χ3n) is 9.09. The number of benzene rings is 2. The minimum Gasteiger partial charge on any atom is -0.507 e. The highest BCUT2D eigenvalue weighted by Gasteiger charge is 2.40. The number of fused-ring (bicyclic) bond motifs is 2. The van der Waals surface area contributed by atoms with Gasteiger partial charge in [-0.3, -0.25) is 14.3 Å². The molecule has 4 aromatic rings. The number of phenolic OH excluding ortho intramolecular Hbond substituents is 1. The number of aromatic nitrogens is 3. The molecule has 2 atom stereocenters. The van der Waals surface area contributed by atoms with Crippen molar-refractivity contribution in [2.45, 2.75) is 52.1 Å². The van der Waals surface area contributed by atoms with Gasteiger partial charge in [-0.1, -0.05) is 38.1 Å². The lowest BCUT2D eigenvalue weighted by Crippen LogP contribution is -2.60. The van der Waals surface area contributed by atoms with Gasteiger partial charge in [0, 0.05) is 50.5 Å². The zero-order chi connectivity index (χ0) is 33.2. The molecule has 0 radical (unpaired) electrons. The van der Waals surface area contributed by atoms with E-state index in [1.807, 2.05) is 25.7 Å². The van der Waals surface area contributed by atoms with Crippen LogP contribution < -0.4 is 15.5 Å². The standard InChI is InChI=1S/C34H35ClF2N6O3/c1-7-23(45)41-16-20-12-14-40(6)31-26-32(28(37)25(27(31)36)24-21(35)9-8-10-22(24)44)43(30-18(4)11-13-38-29(30)17(2)3)34(46)39-33(26)42(20)15-19(41)5/h7-11,13,17,19-20,44H,1,12,14-16H2,2-6H3. The maximum atomic E-state index is 17.4. The van der Waals surface area contributed by atoms with Crippen molar-refractivity contribution in [2.75, 3.05) is 36.5 Å². The summed E-state index contributed by atoms with van der Waals surface area (Å²) in [6.45, 7) is 12.1. The molecular weight excluding hydrogens is 614 g/mol. The molecular formula is C34H35ClF2N6O3. The van der Waals surface area contributed by atoms with E-state index in [0.717, 1.165) is 0 Å². The molecule has 12 heteroatoms. The first-order valence-electron chi connectivity index (χ1n) is 15.2. The Hall–Kier alpha value is -4.51. The quantitative estimate of drug-likeness (QED) is 0.274. The van der Waals surface area contributed by atoms with Crippen LogP contribution in [-0.2, 0) is 4.79 Å². The number of hydrogen-bond donors (Lipinski definition) is 1. The summed E-state index contributed by atoms with van der Waals surface area (Å²) in [5, 5.41) is 10.9. The van der Waals surface area contributed by atoms with Crippen LogP contribution in [0.5, 0.6) is 5.75 Å². The van der Waals surface area contributed by atoms with Crippen LogP contribution in [0.3, 0.4) is 0 Å². The molecule has 2 aliphatic rings. The van der Waals surface area contributed by atoms with Crippen molar-refractivity contribution < 1.29 is 18.7 Å². The number of aryl methyl sites for hydroxylation is 1. The number of piperazine rings is 1. The number of phenols is 1. The van der Waals surface area contributed by atoms with Gasteiger partial charge in [0.1, 0.15) is 17.1 Å². The average Bonchev–Trinajstić information content (AvgIpc) is 3.00. The average molecular weight is 649 g/mol. The van der Waals surface area contributed by atoms with E-state index in [0.29, 0.717) is 36.5 Å². The topological polar surface area (TPSA) is 94.8 Å². The molecule has 1 N–H and O–H groups in total. The van der Waals surface area contributed by atoms with Crippen molar-refractivity contribution in [3.8, 4) is 22.6 Å². The van der Waals surface area contributed by atoms with E-state index in [1.165, 1.54) is 28.8 Å². The second-order valence-corrected chi connectivity index (χ2v) is 12.7. The molecule has 2 aliphatic heterocycles. The lowest BCUT2D eigenvalue weighted by Gasteiger charge is -2.47. The number of halogens is 3. The van der Waals surface area contributed by atoms with Crippen molar-refractivity contribution in [3.05, 3.63) is 81.5 Å². The maximum Gasteiger partial charge on any atom is 0.354 e. The fourth-order valence-electron chi connectivity index (χ4n) is 6.84. The van der Waals surface area contributed by atoms with Crippen molar-refractivity contribution in [1.29, 1.82) is 0 Å². The fourth-order valence-corrected chi connectivity index (χ4v) is 7.10. The van der Waals surface area contributed by atoms with Gasteiger partial charge < -0.3 is 19.8 Å². The van der Waals surface area contributed by atoms with E-state index in [9.17, 15) is 14.7 Å².